The summed E-state index contributed by atoms with van der Waals surface area (Å²) in [6, 6.07) is 0. The van der Waals surface area contributed by atoms with Crippen molar-refractivity contribution in [2.75, 3.05) is 0 Å². The van der Waals surface area contributed by atoms with E-state index in [4.69, 9.17) is 10.3 Å². The fourth-order valence-electron chi connectivity index (χ4n) is 3.07. The monoisotopic (exact) mass is 677 g/mol. The Morgan fingerprint density at radius 3 is 1.21 bits per heavy atom. The zero-order valence-corrected chi connectivity index (χ0v) is 23.7. The summed E-state index contributed by atoms with van der Waals surface area (Å²) in [6.45, 7) is 8.84. The lowest BCUT2D eigenvalue weighted by Gasteiger charge is -2.40. The highest BCUT2D eigenvalue weighted by atomic mass is 32.2. The van der Waals surface area contributed by atoms with E-state index in [1.54, 1.807) is 0 Å². The first-order valence-corrected chi connectivity index (χ1v) is 13.8. The third-order valence-corrected chi connectivity index (χ3v) is 7.29. The molecule has 0 aliphatic carbocycles. The topological polar surface area (TPSA) is 80.4 Å². The summed E-state index contributed by atoms with van der Waals surface area (Å²) in [5.74, 6) is -41.4. The van der Waals surface area contributed by atoms with Gasteiger partial charge < -0.3 is 5.73 Å². The number of rotatable bonds is 16. The number of hydrogen-bond acceptors (Lipinski definition) is 3. The summed E-state index contributed by atoms with van der Waals surface area (Å²) < 4.78 is 215. The molecule has 0 aromatic carbocycles. The predicted octanol–water partition coefficient (Wildman–Crippen LogP) is 9.10. The first kappa shape index (κ1) is 43.0. The standard InChI is InChI=1S/C15H33N.C7HF15O3S/c1-5-6-7-8-9-10-11-12-13-14(2)15(3,4)16;8-1(9,2(10,11)4(14,15)6(18,19)20)3(12,13)5(16,17)7(21,22)26(23,24)25/h14H,5-13,16H2,1-4H3;(H,23,24,25). The number of alkyl halides is 15. The van der Waals surface area contributed by atoms with Gasteiger partial charge in [-0.3, -0.25) is 4.55 Å². The van der Waals surface area contributed by atoms with Crippen molar-refractivity contribution in [1.82, 2.24) is 0 Å². The molecule has 0 spiro atoms. The van der Waals surface area contributed by atoms with E-state index >= 15 is 0 Å². The van der Waals surface area contributed by atoms with Crippen LogP contribution >= 0.6 is 0 Å². The molecule has 0 saturated carbocycles. The predicted molar refractivity (Wildman–Crippen MR) is 122 cm³/mol. The van der Waals surface area contributed by atoms with E-state index in [0.29, 0.717) is 5.92 Å². The lowest BCUT2D eigenvalue weighted by molar-refractivity contribution is -0.448. The minimum Gasteiger partial charge on any atom is -0.325 e. The second-order valence-electron chi connectivity index (χ2n) is 10.3. The van der Waals surface area contributed by atoms with Crippen LogP contribution in [0.3, 0.4) is 0 Å². The lowest BCUT2D eigenvalue weighted by Crippen LogP contribution is -2.73. The maximum Gasteiger partial charge on any atom is 0.460 e. The molecule has 20 heteroatoms. The van der Waals surface area contributed by atoms with Crippen LogP contribution in [0.5, 0.6) is 0 Å². The molecule has 1 atom stereocenters. The molecule has 3 N–H and O–H groups in total. The van der Waals surface area contributed by atoms with Crippen LogP contribution in [0, 0.1) is 5.92 Å². The van der Waals surface area contributed by atoms with Crippen LogP contribution in [0.25, 0.3) is 0 Å². The van der Waals surface area contributed by atoms with E-state index in [9.17, 15) is 74.3 Å². The van der Waals surface area contributed by atoms with Gasteiger partial charge in [-0.2, -0.15) is 74.3 Å². The second kappa shape index (κ2) is 14.3. The molecule has 0 rings (SSSR count). The Morgan fingerprint density at radius 1 is 0.595 bits per heavy atom. The van der Waals surface area contributed by atoms with Gasteiger partial charge in [0.05, 0.1) is 0 Å². The summed E-state index contributed by atoms with van der Waals surface area (Å²) in [4.78, 5) is 0. The van der Waals surface area contributed by atoms with Gasteiger partial charge in [-0.25, -0.2) is 0 Å². The average molecular weight is 678 g/mol. The molecule has 0 saturated heterocycles. The minimum atomic E-state index is -8.60. The number of hydrogen-bond donors (Lipinski definition) is 2. The summed E-state index contributed by atoms with van der Waals surface area (Å²) in [6.07, 6.45) is 4.77. The maximum absolute atomic E-state index is 12.9. The second-order valence-corrected chi connectivity index (χ2v) is 11.8. The first-order chi connectivity index (χ1) is 18.2. The van der Waals surface area contributed by atoms with Crippen LogP contribution < -0.4 is 5.73 Å². The molecule has 0 radical (unpaired) electrons. The highest BCUT2D eigenvalue weighted by molar-refractivity contribution is 7.87. The number of unbranched alkanes of at least 4 members (excludes halogenated alkanes) is 7. The third-order valence-electron chi connectivity index (χ3n) is 6.38. The van der Waals surface area contributed by atoms with Gasteiger partial charge in [0, 0.05) is 5.54 Å². The molecule has 1 unspecified atom stereocenters. The van der Waals surface area contributed by atoms with Gasteiger partial charge in [-0.1, -0.05) is 65.2 Å². The van der Waals surface area contributed by atoms with Gasteiger partial charge in [0.25, 0.3) is 0 Å². The molecule has 0 amide bonds. The molecular weight excluding hydrogens is 643 g/mol. The lowest BCUT2D eigenvalue weighted by atomic mass is 9.86. The molecule has 0 aromatic heterocycles. The SMILES string of the molecule is CCCCCCCCCCC(C)C(C)(C)N.O=S(=O)(O)C(F)(F)C(F)(F)C(F)(F)C(F)(F)C(F)(F)C(F)(F)C(F)(F)F. The number of nitrogens with two attached hydrogens (primary N) is 1. The van der Waals surface area contributed by atoms with Crippen LogP contribution in [0.2, 0.25) is 0 Å². The Bertz CT molecular complexity index is 930. The smallest absolute Gasteiger partial charge is 0.325 e. The van der Waals surface area contributed by atoms with Gasteiger partial charge >= 0.3 is 51.2 Å². The van der Waals surface area contributed by atoms with Gasteiger partial charge in [-0.15, -0.1) is 0 Å². The Morgan fingerprint density at radius 2 is 0.905 bits per heavy atom. The summed E-state index contributed by atoms with van der Waals surface area (Å²) in [7, 11) is -7.76. The largest absolute Gasteiger partial charge is 0.460 e. The Kier molecular flexibility index (Phi) is 14.6. The zero-order valence-electron chi connectivity index (χ0n) is 22.9. The highest BCUT2D eigenvalue weighted by Gasteiger charge is 2.94. The van der Waals surface area contributed by atoms with Crippen molar-refractivity contribution < 1.29 is 78.8 Å². The van der Waals surface area contributed by atoms with Gasteiger partial charge in [-0.05, 0) is 26.2 Å². The Labute approximate surface area is 233 Å². The fraction of sp³-hybridized carbons (Fsp3) is 1.00. The summed E-state index contributed by atoms with van der Waals surface area (Å²) in [5, 5.41) is -7.70. The molecule has 0 heterocycles. The van der Waals surface area contributed by atoms with E-state index in [2.05, 4.69) is 27.7 Å². The molecule has 0 fully saturated rings. The highest BCUT2D eigenvalue weighted by Crippen LogP contribution is 2.62. The van der Waals surface area contributed by atoms with Crippen molar-refractivity contribution >= 4 is 10.1 Å². The van der Waals surface area contributed by atoms with Crippen molar-refractivity contribution in [3.8, 4) is 0 Å². The van der Waals surface area contributed by atoms with Gasteiger partial charge in [0.1, 0.15) is 0 Å². The van der Waals surface area contributed by atoms with Crippen molar-refractivity contribution in [2.24, 2.45) is 11.7 Å². The molecular formula is C22H34F15NO3S. The van der Waals surface area contributed by atoms with Crippen LogP contribution in [0.1, 0.15) is 85.5 Å². The normalized spacial score (nSPS) is 15.7. The molecule has 256 valence electrons. The molecule has 0 aliphatic heterocycles. The van der Waals surface area contributed by atoms with E-state index in [1.165, 1.54) is 57.8 Å². The van der Waals surface area contributed by atoms with Gasteiger partial charge in [0.2, 0.25) is 0 Å². The molecule has 0 aromatic rings. The summed E-state index contributed by atoms with van der Waals surface area (Å²) in [5.41, 5.74) is 6.08. The minimum absolute atomic E-state index is 0.00112. The van der Waals surface area contributed by atoms with Crippen LogP contribution in [-0.4, -0.2) is 59.6 Å². The van der Waals surface area contributed by atoms with E-state index in [0.717, 1.165) is 0 Å². The maximum atomic E-state index is 12.9. The van der Waals surface area contributed by atoms with Crippen molar-refractivity contribution in [2.45, 2.75) is 132 Å². The summed E-state index contributed by atoms with van der Waals surface area (Å²) >= 11 is 0. The van der Waals surface area contributed by atoms with Gasteiger partial charge in [0.15, 0.2) is 0 Å². The van der Waals surface area contributed by atoms with Crippen LogP contribution in [-0.2, 0) is 10.1 Å². The first-order valence-electron chi connectivity index (χ1n) is 12.3. The molecule has 42 heavy (non-hydrogen) atoms. The Balaban J connectivity index is 0. The fourth-order valence-corrected chi connectivity index (χ4v) is 3.52. The van der Waals surface area contributed by atoms with E-state index < -0.39 is 51.2 Å². The van der Waals surface area contributed by atoms with Crippen molar-refractivity contribution in [3.63, 3.8) is 0 Å². The molecule has 0 bridgehead atoms. The number of halogens is 15. The molecule has 0 aliphatic rings. The van der Waals surface area contributed by atoms with Crippen LogP contribution in [0.15, 0.2) is 0 Å². The van der Waals surface area contributed by atoms with E-state index in [-0.39, 0.29) is 5.54 Å². The Hall–Kier alpha value is -1.18. The van der Waals surface area contributed by atoms with Crippen molar-refractivity contribution in [1.29, 1.82) is 0 Å². The third kappa shape index (κ3) is 9.17. The zero-order chi connectivity index (χ0) is 34.4. The molecule has 4 nitrogen and oxygen atoms in total. The van der Waals surface area contributed by atoms with E-state index in [1.807, 2.05) is 0 Å². The van der Waals surface area contributed by atoms with Crippen molar-refractivity contribution in [3.05, 3.63) is 0 Å². The quantitative estimate of drug-likeness (QED) is 0.0971. The van der Waals surface area contributed by atoms with Crippen LogP contribution in [0.4, 0.5) is 65.9 Å². The average Bonchev–Trinajstić information content (AvgIpc) is 2.78.